The first-order valence-corrected chi connectivity index (χ1v) is 6.59. The number of rotatable bonds is 1. The van der Waals surface area contributed by atoms with Gasteiger partial charge in [0.25, 0.3) is 0 Å². The van der Waals surface area contributed by atoms with E-state index in [1.54, 1.807) is 6.08 Å². The molecular formula is C16H16O3. The Hall–Kier alpha value is -1.90. The number of aryl methyl sites for hydroxylation is 1. The fourth-order valence-corrected chi connectivity index (χ4v) is 3.30. The second kappa shape index (κ2) is 4.34. The number of allylic oxidation sites excluding steroid dienone is 1. The van der Waals surface area contributed by atoms with Gasteiger partial charge in [-0.3, -0.25) is 9.59 Å². The van der Waals surface area contributed by atoms with E-state index in [1.165, 1.54) is 12.7 Å². The Morgan fingerprint density at radius 3 is 2.74 bits per heavy atom. The molecule has 2 aliphatic rings. The standard InChI is InChI=1S/C16H16O3/c1-19-15(18)16-8-6-11-4-2-3-5-13(11)14(16)10-12(17)7-9-16/h2-5,10H,6-9H2,1H3. The van der Waals surface area contributed by atoms with E-state index in [9.17, 15) is 9.59 Å². The lowest BCUT2D eigenvalue weighted by molar-refractivity contribution is -0.150. The molecule has 1 unspecified atom stereocenters. The van der Waals surface area contributed by atoms with Crippen LogP contribution < -0.4 is 0 Å². The highest BCUT2D eigenvalue weighted by atomic mass is 16.5. The number of esters is 1. The molecule has 3 nitrogen and oxygen atoms in total. The fourth-order valence-electron chi connectivity index (χ4n) is 3.30. The van der Waals surface area contributed by atoms with Gasteiger partial charge in [-0.05, 0) is 42.0 Å². The Labute approximate surface area is 112 Å². The van der Waals surface area contributed by atoms with Crippen LogP contribution in [0.1, 0.15) is 30.4 Å². The molecule has 0 radical (unpaired) electrons. The van der Waals surface area contributed by atoms with Crippen LogP contribution in [0.15, 0.2) is 30.3 Å². The van der Waals surface area contributed by atoms with Crippen LogP contribution in [0.2, 0.25) is 0 Å². The monoisotopic (exact) mass is 256 g/mol. The van der Waals surface area contributed by atoms with Crippen molar-refractivity contribution < 1.29 is 14.3 Å². The summed E-state index contributed by atoms with van der Waals surface area (Å²) in [6.07, 6.45) is 4.24. The van der Waals surface area contributed by atoms with E-state index in [4.69, 9.17) is 4.74 Å². The molecule has 1 atom stereocenters. The Bertz CT molecular complexity index is 585. The first-order chi connectivity index (χ1) is 9.17. The molecule has 0 aromatic heterocycles. The highest BCUT2D eigenvalue weighted by molar-refractivity contribution is 6.06. The third-order valence-corrected chi connectivity index (χ3v) is 4.32. The molecule has 0 heterocycles. The third kappa shape index (κ3) is 1.72. The van der Waals surface area contributed by atoms with Gasteiger partial charge in [0, 0.05) is 6.42 Å². The van der Waals surface area contributed by atoms with Crippen LogP contribution in [0.4, 0.5) is 0 Å². The van der Waals surface area contributed by atoms with Gasteiger partial charge in [-0.2, -0.15) is 0 Å². The lowest BCUT2D eigenvalue weighted by Crippen LogP contribution is -2.39. The zero-order valence-corrected chi connectivity index (χ0v) is 10.9. The Balaban J connectivity index is 2.20. The number of ether oxygens (including phenoxy) is 1. The molecule has 0 amide bonds. The van der Waals surface area contributed by atoms with Crippen molar-refractivity contribution in [2.24, 2.45) is 5.41 Å². The quantitative estimate of drug-likeness (QED) is 0.725. The molecule has 0 bridgehead atoms. The molecule has 0 saturated heterocycles. The molecule has 0 fully saturated rings. The number of hydrogen-bond acceptors (Lipinski definition) is 3. The molecule has 0 N–H and O–H groups in total. The first-order valence-electron chi connectivity index (χ1n) is 6.59. The predicted molar refractivity (Wildman–Crippen MR) is 71.4 cm³/mol. The van der Waals surface area contributed by atoms with Crippen molar-refractivity contribution in [1.82, 2.24) is 0 Å². The molecule has 3 rings (SSSR count). The Morgan fingerprint density at radius 1 is 1.21 bits per heavy atom. The molecule has 2 aliphatic carbocycles. The predicted octanol–water partition coefficient (Wildman–Crippen LogP) is 2.54. The van der Waals surface area contributed by atoms with Crippen molar-refractivity contribution in [3.63, 3.8) is 0 Å². The summed E-state index contributed by atoms with van der Waals surface area (Å²) >= 11 is 0. The smallest absolute Gasteiger partial charge is 0.316 e. The molecule has 1 aromatic carbocycles. The normalized spacial score (nSPS) is 25.1. The van der Waals surface area contributed by atoms with E-state index < -0.39 is 5.41 Å². The Kier molecular flexibility index (Phi) is 2.77. The molecule has 19 heavy (non-hydrogen) atoms. The van der Waals surface area contributed by atoms with Gasteiger partial charge in [-0.15, -0.1) is 0 Å². The molecule has 0 spiro atoms. The zero-order chi connectivity index (χ0) is 13.5. The van der Waals surface area contributed by atoms with Gasteiger partial charge in [-0.1, -0.05) is 24.3 Å². The highest BCUT2D eigenvalue weighted by Gasteiger charge is 2.48. The average Bonchev–Trinajstić information content (AvgIpc) is 2.46. The van der Waals surface area contributed by atoms with Gasteiger partial charge >= 0.3 is 5.97 Å². The van der Waals surface area contributed by atoms with Gasteiger partial charge < -0.3 is 4.74 Å². The lowest BCUT2D eigenvalue weighted by atomic mass is 9.63. The third-order valence-electron chi connectivity index (χ3n) is 4.32. The summed E-state index contributed by atoms with van der Waals surface area (Å²) in [6, 6.07) is 8.01. The summed E-state index contributed by atoms with van der Waals surface area (Å²) in [4.78, 5) is 24.0. The van der Waals surface area contributed by atoms with Crippen molar-refractivity contribution in [1.29, 1.82) is 0 Å². The van der Waals surface area contributed by atoms with E-state index in [2.05, 4.69) is 6.07 Å². The van der Waals surface area contributed by atoms with Gasteiger partial charge in [0.05, 0.1) is 12.5 Å². The van der Waals surface area contributed by atoms with Crippen molar-refractivity contribution in [3.05, 3.63) is 41.5 Å². The van der Waals surface area contributed by atoms with Crippen LogP contribution in [0, 0.1) is 5.41 Å². The second-order valence-electron chi connectivity index (χ2n) is 5.26. The maximum absolute atomic E-state index is 12.3. The summed E-state index contributed by atoms with van der Waals surface area (Å²) in [6.45, 7) is 0. The summed E-state index contributed by atoms with van der Waals surface area (Å²) in [5.74, 6) is -0.105. The molecule has 1 aromatic rings. The first kappa shape index (κ1) is 12.2. The molecule has 0 aliphatic heterocycles. The number of fused-ring (bicyclic) bond motifs is 3. The maximum atomic E-state index is 12.3. The van der Waals surface area contributed by atoms with Crippen molar-refractivity contribution in [2.45, 2.75) is 25.7 Å². The average molecular weight is 256 g/mol. The van der Waals surface area contributed by atoms with Gasteiger partial charge in [0.1, 0.15) is 0 Å². The van der Waals surface area contributed by atoms with Crippen LogP contribution in [-0.4, -0.2) is 18.9 Å². The topological polar surface area (TPSA) is 43.4 Å². The number of methoxy groups -OCH3 is 1. The van der Waals surface area contributed by atoms with Crippen molar-refractivity contribution in [3.8, 4) is 0 Å². The molecule has 98 valence electrons. The van der Waals surface area contributed by atoms with Crippen molar-refractivity contribution in [2.75, 3.05) is 7.11 Å². The van der Waals surface area contributed by atoms with E-state index in [0.29, 0.717) is 12.8 Å². The van der Waals surface area contributed by atoms with E-state index in [1.807, 2.05) is 18.2 Å². The van der Waals surface area contributed by atoms with Gasteiger partial charge in [0.15, 0.2) is 5.78 Å². The molecule has 0 saturated carbocycles. The van der Waals surface area contributed by atoms with Crippen LogP contribution in [0.25, 0.3) is 5.57 Å². The highest BCUT2D eigenvalue weighted by Crippen LogP contribution is 2.50. The number of carbonyl (C=O) groups excluding carboxylic acids is 2. The number of ketones is 1. The van der Waals surface area contributed by atoms with E-state index >= 15 is 0 Å². The van der Waals surface area contributed by atoms with Gasteiger partial charge in [0.2, 0.25) is 0 Å². The molecular weight excluding hydrogens is 240 g/mol. The lowest BCUT2D eigenvalue weighted by Gasteiger charge is -2.40. The summed E-state index contributed by atoms with van der Waals surface area (Å²) in [5.41, 5.74) is 2.49. The summed E-state index contributed by atoms with van der Waals surface area (Å²) in [7, 11) is 1.42. The minimum Gasteiger partial charge on any atom is -0.468 e. The van der Waals surface area contributed by atoms with Crippen molar-refractivity contribution >= 4 is 17.3 Å². The minimum atomic E-state index is -0.614. The van der Waals surface area contributed by atoms with E-state index in [0.717, 1.165) is 24.0 Å². The number of benzene rings is 1. The SMILES string of the molecule is COC(=O)C12CCC(=O)C=C1c1ccccc1CC2. The number of hydrogen-bond donors (Lipinski definition) is 0. The second-order valence-corrected chi connectivity index (χ2v) is 5.26. The van der Waals surface area contributed by atoms with Crippen LogP contribution in [-0.2, 0) is 20.7 Å². The minimum absolute atomic E-state index is 0.103. The van der Waals surface area contributed by atoms with Crippen LogP contribution in [0.5, 0.6) is 0 Å². The molecule has 3 heteroatoms. The zero-order valence-electron chi connectivity index (χ0n) is 10.9. The van der Waals surface area contributed by atoms with Gasteiger partial charge in [-0.25, -0.2) is 0 Å². The van der Waals surface area contributed by atoms with Crippen LogP contribution in [0.3, 0.4) is 0 Å². The van der Waals surface area contributed by atoms with Crippen LogP contribution >= 0.6 is 0 Å². The maximum Gasteiger partial charge on any atom is 0.316 e. The number of carbonyl (C=O) groups is 2. The van der Waals surface area contributed by atoms with E-state index in [-0.39, 0.29) is 11.8 Å². The summed E-state index contributed by atoms with van der Waals surface area (Å²) < 4.78 is 5.01. The summed E-state index contributed by atoms with van der Waals surface area (Å²) in [5, 5.41) is 0. The Morgan fingerprint density at radius 2 is 1.95 bits per heavy atom. The largest absolute Gasteiger partial charge is 0.468 e. The fraction of sp³-hybridized carbons (Fsp3) is 0.375.